The smallest absolute Gasteiger partial charge is 0.255 e. The molecule has 2 aromatic heterocycles. The highest BCUT2D eigenvalue weighted by Gasteiger charge is 2.22. The number of furan rings is 1. The maximum Gasteiger partial charge on any atom is 0.255 e. The number of hydrogen-bond acceptors (Lipinski definition) is 5. The molecule has 1 aliphatic heterocycles. The number of carbonyl (C=O) groups is 1. The number of carbonyl (C=O) groups excluding carboxylic acids is 1. The first-order valence-corrected chi connectivity index (χ1v) is 9.74. The van der Waals surface area contributed by atoms with E-state index < -0.39 is 0 Å². The molecule has 0 saturated carbocycles. The van der Waals surface area contributed by atoms with Gasteiger partial charge in [-0.25, -0.2) is 4.98 Å². The van der Waals surface area contributed by atoms with E-state index in [0.717, 1.165) is 37.1 Å². The second kappa shape index (κ2) is 7.92. The Morgan fingerprint density at radius 2 is 2.04 bits per heavy atom. The highest BCUT2D eigenvalue weighted by molar-refractivity contribution is 5.99. The van der Waals surface area contributed by atoms with Crippen LogP contribution in [-0.4, -0.2) is 31.1 Å². The molecule has 3 aromatic rings. The van der Waals surface area contributed by atoms with Gasteiger partial charge in [-0.3, -0.25) is 4.79 Å². The number of rotatable bonds is 5. The molecular weight excluding hydrogens is 354 g/mol. The van der Waals surface area contributed by atoms with E-state index in [4.69, 9.17) is 9.15 Å². The molecule has 1 unspecified atom stereocenters. The molecule has 0 radical (unpaired) electrons. The van der Waals surface area contributed by atoms with Gasteiger partial charge in [-0.1, -0.05) is 12.1 Å². The fourth-order valence-corrected chi connectivity index (χ4v) is 3.71. The number of anilines is 1. The van der Waals surface area contributed by atoms with Crippen molar-refractivity contribution in [3.05, 3.63) is 53.9 Å². The fourth-order valence-electron chi connectivity index (χ4n) is 3.71. The van der Waals surface area contributed by atoms with Crippen molar-refractivity contribution in [1.29, 1.82) is 0 Å². The van der Waals surface area contributed by atoms with Crippen molar-refractivity contribution in [3.8, 4) is 5.75 Å². The van der Waals surface area contributed by atoms with E-state index in [1.165, 1.54) is 6.42 Å². The lowest BCUT2D eigenvalue weighted by atomic mass is 10.1. The van der Waals surface area contributed by atoms with E-state index in [9.17, 15) is 4.79 Å². The molecule has 1 fully saturated rings. The molecule has 0 spiro atoms. The third kappa shape index (κ3) is 3.54. The summed E-state index contributed by atoms with van der Waals surface area (Å²) < 4.78 is 11.3. The summed E-state index contributed by atoms with van der Waals surface area (Å²) in [7, 11) is 1.62. The molecule has 1 atom stereocenters. The quantitative estimate of drug-likeness (QED) is 0.715. The van der Waals surface area contributed by atoms with Crippen LogP contribution in [0, 0.1) is 0 Å². The number of benzene rings is 1. The van der Waals surface area contributed by atoms with Gasteiger partial charge >= 0.3 is 0 Å². The van der Waals surface area contributed by atoms with Gasteiger partial charge in [0.05, 0.1) is 18.7 Å². The number of fused-ring (bicyclic) bond motifs is 1. The number of methoxy groups -OCH3 is 1. The zero-order chi connectivity index (χ0) is 19.5. The van der Waals surface area contributed by atoms with Crippen molar-refractivity contribution in [2.75, 3.05) is 25.1 Å². The van der Waals surface area contributed by atoms with Crippen LogP contribution in [0.5, 0.6) is 5.75 Å². The van der Waals surface area contributed by atoms with Crippen molar-refractivity contribution in [2.24, 2.45) is 0 Å². The lowest BCUT2D eigenvalue weighted by molar-refractivity contribution is 0.0936. The molecule has 0 bridgehead atoms. The Bertz CT molecular complexity index is 976. The highest BCUT2D eigenvalue weighted by Crippen LogP contribution is 2.31. The van der Waals surface area contributed by atoms with E-state index in [1.807, 2.05) is 37.3 Å². The molecule has 1 aromatic carbocycles. The number of aromatic nitrogens is 1. The molecule has 1 amide bonds. The Balaban J connectivity index is 1.55. The summed E-state index contributed by atoms with van der Waals surface area (Å²) in [6, 6.07) is 11.1. The van der Waals surface area contributed by atoms with Crippen molar-refractivity contribution in [2.45, 2.75) is 32.2 Å². The van der Waals surface area contributed by atoms with Gasteiger partial charge in [0.2, 0.25) is 0 Å². The Kier molecular flexibility index (Phi) is 5.19. The average molecular weight is 379 g/mol. The molecule has 4 rings (SSSR count). The van der Waals surface area contributed by atoms with E-state index in [-0.39, 0.29) is 11.9 Å². The number of para-hydroxylation sites is 1. The van der Waals surface area contributed by atoms with Crippen molar-refractivity contribution >= 4 is 22.7 Å². The van der Waals surface area contributed by atoms with E-state index >= 15 is 0 Å². The number of ether oxygens (including phenoxy) is 1. The monoisotopic (exact) mass is 379 g/mol. The first kappa shape index (κ1) is 18.3. The largest absolute Gasteiger partial charge is 0.493 e. The van der Waals surface area contributed by atoms with Crippen LogP contribution in [0.4, 0.5) is 5.82 Å². The Morgan fingerprint density at radius 3 is 2.82 bits per heavy atom. The second-order valence-electron chi connectivity index (χ2n) is 7.14. The first-order chi connectivity index (χ1) is 13.7. The molecule has 3 heterocycles. The molecule has 6 heteroatoms. The van der Waals surface area contributed by atoms with Crippen molar-refractivity contribution < 1.29 is 13.9 Å². The Morgan fingerprint density at radius 1 is 1.21 bits per heavy atom. The standard InChI is InChI=1S/C22H25N3O3/c1-15(19-14-16-8-6-10-18(27-2)20(16)28-19)24-22(26)17-9-7-11-23-21(17)25-12-4-3-5-13-25/h6-11,14-15H,3-5,12-13H2,1-2H3,(H,24,26). The second-order valence-corrected chi connectivity index (χ2v) is 7.14. The summed E-state index contributed by atoms with van der Waals surface area (Å²) in [6.07, 6.45) is 5.25. The molecular formula is C22H25N3O3. The summed E-state index contributed by atoms with van der Waals surface area (Å²) >= 11 is 0. The SMILES string of the molecule is COc1cccc2cc(C(C)NC(=O)c3cccnc3N3CCCCC3)oc12. The summed E-state index contributed by atoms with van der Waals surface area (Å²) in [4.78, 5) is 19.7. The lowest BCUT2D eigenvalue weighted by Crippen LogP contribution is -2.34. The molecule has 28 heavy (non-hydrogen) atoms. The molecule has 1 saturated heterocycles. The van der Waals surface area contributed by atoms with Crippen LogP contribution >= 0.6 is 0 Å². The van der Waals surface area contributed by atoms with Crippen LogP contribution in [-0.2, 0) is 0 Å². The van der Waals surface area contributed by atoms with Gasteiger partial charge in [0.1, 0.15) is 11.6 Å². The third-order valence-electron chi connectivity index (χ3n) is 5.21. The van der Waals surface area contributed by atoms with Gasteiger partial charge < -0.3 is 19.4 Å². The lowest BCUT2D eigenvalue weighted by Gasteiger charge is -2.29. The topological polar surface area (TPSA) is 67.6 Å². The summed E-state index contributed by atoms with van der Waals surface area (Å²) in [6.45, 7) is 3.80. The first-order valence-electron chi connectivity index (χ1n) is 9.74. The fraction of sp³-hybridized carbons (Fsp3) is 0.364. The van der Waals surface area contributed by atoms with Gasteiger partial charge in [0, 0.05) is 24.7 Å². The minimum atomic E-state index is -0.279. The summed E-state index contributed by atoms with van der Waals surface area (Å²) in [5.74, 6) is 1.99. The minimum Gasteiger partial charge on any atom is -0.493 e. The molecule has 6 nitrogen and oxygen atoms in total. The molecule has 146 valence electrons. The van der Waals surface area contributed by atoms with E-state index in [2.05, 4.69) is 15.2 Å². The number of pyridine rings is 1. The van der Waals surface area contributed by atoms with E-state index in [1.54, 1.807) is 19.4 Å². The maximum absolute atomic E-state index is 13.0. The zero-order valence-corrected chi connectivity index (χ0v) is 16.3. The number of amides is 1. The number of piperidine rings is 1. The Labute approximate surface area is 164 Å². The molecule has 1 aliphatic rings. The summed E-state index contributed by atoms with van der Waals surface area (Å²) in [5, 5.41) is 4.00. The number of nitrogens with one attached hydrogen (secondary N) is 1. The number of hydrogen-bond donors (Lipinski definition) is 1. The van der Waals surface area contributed by atoms with Crippen LogP contribution in [0.2, 0.25) is 0 Å². The van der Waals surface area contributed by atoms with Crippen LogP contribution in [0.25, 0.3) is 11.0 Å². The van der Waals surface area contributed by atoms with Crippen LogP contribution in [0.3, 0.4) is 0 Å². The van der Waals surface area contributed by atoms with Gasteiger partial charge in [-0.2, -0.15) is 0 Å². The van der Waals surface area contributed by atoms with Gasteiger partial charge in [-0.05, 0) is 50.5 Å². The summed E-state index contributed by atoms with van der Waals surface area (Å²) in [5.41, 5.74) is 1.29. The zero-order valence-electron chi connectivity index (χ0n) is 16.3. The van der Waals surface area contributed by atoms with Gasteiger partial charge in [0.25, 0.3) is 5.91 Å². The molecule has 0 aliphatic carbocycles. The van der Waals surface area contributed by atoms with Gasteiger partial charge in [0.15, 0.2) is 11.3 Å². The van der Waals surface area contributed by atoms with Crippen LogP contribution in [0.15, 0.2) is 47.0 Å². The minimum absolute atomic E-state index is 0.145. The third-order valence-corrected chi connectivity index (χ3v) is 5.21. The maximum atomic E-state index is 13.0. The predicted octanol–water partition coefficient (Wildman–Crippen LogP) is 4.32. The average Bonchev–Trinajstić information content (AvgIpc) is 3.19. The Hall–Kier alpha value is -3.02. The highest BCUT2D eigenvalue weighted by atomic mass is 16.5. The van der Waals surface area contributed by atoms with Crippen LogP contribution < -0.4 is 15.0 Å². The predicted molar refractivity (Wildman–Crippen MR) is 109 cm³/mol. The van der Waals surface area contributed by atoms with Crippen molar-refractivity contribution in [3.63, 3.8) is 0 Å². The normalized spacial score (nSPS) is 15.4. The molecule has 1 N–H and O–H groups in total. The van der Waals surface area contributed by atoms with E-state index in [0.29, 0.717) is 22.7 Å². The van der Waals surface area contributed by atoms with Crippen molar-refractivity contribution in [1.82, 2.24) is 10.3 Å². The number of nitrogens with zero attached hydrogens (tertiary/aromatic N) is 2. The van der Waals surface area contributed by atoms with Crippen LogP contribution in [0.1, 0.15) is 48.3 Å². The van der Waals surface area contributed by atoms with Gasteiger partial charge in [-0.15, -0.1) is 0 Å².